The average molecular weight is 595 g/mol. The van der Waals surface area contributed by atoms with Crippen molar-refractivity contribution in [1.82, 2.24) is 9.62 Å². The monoisotopic (exact) mass is 593 g/mol. The van der Waals surface area contributed by atoms with Crippen LogP contribution in [0.1, 0.15) is 13.3 Å². The molecule has 1 saturated heterocycles. The highest BCUT2D eigenvalue weighted by Gasteiger charge is 2.31. The van der Waals surface area contributed by atoms with Crippen LogP contribution in [0.4, 0.5) is 5.69 Å². The second kappa shape index (κ2) is 12.6. The largest absolute Gasteiger partial charge is 0.492 e. The van der Waals surface area contributed by atoms with Crippen LogP contribution in [0.15, 0.2) is 47.4 Å². The van der Waals surface area contributed by atoms with E-state index in [9.17, 15) is 21.6 Å². The Morgan fingerprint density at radius 3 is 2.30 bits per heavy atom. The topological polar surface area (TPSA) is 122 Å². The van der Waals surface area contributed by atoms with Crippen LogP contribution in [0.5, 0.6) is 5.75 Å². The summed E-state index contributed by atoms with van der Waals surface area (Å²) in [5.74, 6) is -0.0784. The van der Waals surface area contributed by atoms with Crippen LogP contribution < -0.4 is 14.4 Å². The summed E-state index contributed by atoms with van der Waals surface area (Å²) in [7, 11) is -7.43. The Hall–Kier alpha value is -2.09. The Morgan fingerprint density at radius 1 is 1.08 bits per heavy atom. The lowest BCUT2D eigenvalue weighted by molar-refractivity contribution is -0.122. The number of anilines is 1. The molecule has 0 bridgehead atoms. The van der Waals surface area contributed by atoms with Gasteiger partial charge in [-0.2, -0.15) is 4.31 Å². The number of halogens is 2. The zero-order chi connectivity index (χ0) is 27.2. The summed E-state index contributed by atoms with van der Waals surface area (Å²) < 4.78 is 63.7. The predicted octanol–water partition coefficient (Wildman–Crippen LogP) is 2.75. The maximum absolute atomic E-state index is 12.9. The molecule has 0 radical (unpaired) electrons. The van der Waals surface area contributed by atoms with Crippen LogP contribution >= 0.6 is 23.2 Å². The van der Waals surface area contributed by atoms with Gasteiger partial charge in [-0.05, 0) is 48.9 Å². The number of morpholine rings is 1. The van der Waals surface area contributed by atoms with Crippen molar-refractivity contribution in [2.45, 2.75) is 24.3 Å². The van der Waals surface area contributed by atoms with Gasteiger partial charge in [0.15, 0.2) is 0 Å². The zero-order valence-corrected chi connectivity index (χ0v) is 23.5. The van der Waals surface area contributed by atoms with Gasteiger partial charge in [-0.3, -0.25) is 9.10 Å². The van der Waals surface area contributed by atoms with Crippen molar-refractivity contribution in [2.24, 2.45) is 0 Å². The van der Waals surface area contributed by atoms with Crippen molar-refractivity contribution in [1.29, 1.82) is 0 Å². The quantitative estimate of drug-likeness (QED) is 0.397. The average Bonchev–Trinajstić information content (AvgIpc) is 2.87. The van der Waals surface area contributed by atoms with Crippen LogP contribution in [0.3, 0.4) is 0 Å². The molecule has 1 unspecified atom stereocenters. The summed E-state index contributed by atoms with van der Waals surface area (Å²) in [4.78, 5) is 13.0. The fraction of sp³-hybridized carbons (Fsp3) is 0.435. The first kappa shape index (κ1) is 29.5. The van der Waals surface area contributed by atoms with E-state index >= 15 is 0 Å². The molecule has 10 nitrogen and oxygen atoms in total. The summed E-state index contributed by atoms with van der Waals surface area (Å²) in [5.41, 5.74) is 0.224. The number of carbonyl (C=O) groups excluding carboxylic acids is 1. The minimum absolute atomic E-state index is 0.0867. The summed E-state index contributed by atoms with van der Waals surface area (Å²) in [6, 6.07) is 9.34. The van der Waals surface area contributed by atoms with Gasteiger partial charge in [0.2, 0.25) is 26.0 Å². The lowest BCUT2D eigenvalue weighted by atomic mass is 10.2. The number of rotatable bonds is 11. The van der Waals surface area contributed by atoms with E-state index in [1.54, 1.807) is 19.1 Å². The molecule has 2 aromatic rings. The normalized spacial score (nSPS) is 15.7. The molecule has 1 aliphatic heterocycles. The Labute approximate surface area is 227 Å². The maximum atomic E-state index is 12.9. The number of nitrogens with zero attached hydrogens (tertiary/aromatic N) is 2. The summed E-state index contributed by atoms with van der Waals surface area (Å²) in [5, 5.41) is 3.12. The number of nitrogens with one attached hydrogen (secondary N) is 1. The number of amides is 1. The van der Waals surface area contributed by atoms with Gasteiger partial charge >= 0.3 is 0 Å². The number of carbonyl (C=O) groups is 1. The van der Waals surface area contributed by atoms with Crippen molar-refractivity contribution in [3.63, 3.8) is 0 Å². The number of hydrogen-bond donors (Lipinski definition) is 1. The van der Waals surface area contributed by atoms with Crippen LogP contribution in [-0.2, 0) is 29.6 Å². The van der Waals surface area contributed by atoms with E-state index in [1.165, 1.54) is 34.6 Å². The fourth-order valence-corrected chi connectivity index (χ4v) is 6.69. The molecule has 1 amide bonds. The van der Waals surface area contributed by atoms with E-state index in [1.807, 2.05) is 0 Å². The van der Waals surface area contributed by atoms with Crippen LogP contribution in [0, 0.1) is 0 Å². The molecule has 0 aliphatic carbocycles. The number of benzene rings is 2. The third-order valence-electron chi connectivity index (χ3n) is 5.59. The molecule has 37 heavy (non-hydrogen) atoms. The van der Waals surface area contributed by atoms with Gasteiger partial charge in [-0.1, -0.05) is 30.1 Å². The van der Waals surface area contributed by atoms with Crippen molar-refractivity contribution in [3.8, 4) is 5.75 Å². The lowest BCUT2D eigenvalue weighted by Gasteiger charge is -2.30. The summed E-state index contributed by atoms with van der Waals surface area (Å²) in [6.07, 6.45) is 1.22. The minimum Gasteiger partial charge on any atom is -0.492 e. The molecular weight excluding hydrogens is 565 g/mol. The van der Waals surface area contributed by atoms with E-state index < -0.39 is 32.0 Å². The molecule has 1 heterocycles. The maximum Gasteiger partial charge on any atom is 0.244 e. The molecular formula is C23H29Cl2N3O7S2. The fourth-order valence-electron chi connectivity index (χ4n) is 3.79. The van der Waals surface area contributed by atoms with Crippen molar-refractivity contribution >= 4 is 54.8 Å². The third-order valence-corrected chi connectivity index (χ3v) is 9.42. The van der Waals surface area contributed by atoms with E-state index in [0.29, 0.717) is 32.1 Å². The Balaban J connectivity index is 1.59. The molecule has 14 heteroatoms. The molecule has 2 aromatic carbocycles. The molecule has 1 aliphatic rings. The molecule has 1 N–H and O–H groups in total. The van der Waals surface area contributed by atoms with Crippen molar-refractivity contribution in [2.75, 3.05) is 50.0 Å². The van der Waals surface area contributed by atoms with E-state index in [4.69, 9.17) is 32.7 Å². The zero-order valence-electron chi connectivity index (χ0n) is 20.4. The highest BCUT2D eigenvalue weighted by molar-refractivity contribution is 7.92. The van der Waals surface area contributed by atoms with Crippen molar-refractivity contribution in [3.05, 3.63) is 52.5 Å². The Morgan fingerprint density at radius 2 is 1.73 bits per heavy atom. The molecule has 1 fully saturated rings. The van der Waals surface area contributed by atoms with Gasteiger partial charge in [0, 0.05) is 13.1 Å². The molecule has 1 atom stereocenters. The summed E-state index contributed by atoms with van der Waals surface area (Å²) in [6.45, 7) is 3.22. The SMILES string of the molecule is CCC(C(=O)NCCOc1ccc(S(=O)(=O)N2CCOCC2)cc1)N(c1ccc(Cl)c(Cl)c1)S(C)(=O)=O. The van der Waals surface area contributed by atoms with E-state index in [0.717, 1.165) is 10.6 Å². The van der Waals surface area contributed by atoms with Crippen LogP contribution in [0.25, 0.3) is 0 Å². The molecule has 0 spiro atoms. The highest BCUT2D eigenvalue weighted by Crippen LogP contribution is 2.30. The van der Waals surface area contributed by atoms with Gasteiger partial charge in [0.05, 0.1) is 46.6 Å². The third kappa shape index (κ3) is 7.49. The van der Waals surface area contributed by atoms with Crippen LogP contribution in [-0.4, -0.2) is 78.8 Å². The first-order chi connectivity index (χ1) is 17.4. The van der Waals surface area contributed by atoms with Gasteiger partial charge in [-0.25, -0.2) is 16.8 Å². The standard InChI is InChI=1S/C23H29Cl2N3O7S2/c1-3-22(28(36(2,30)31)17-4-9-20(24)21(25)16-17)23(29)26-10-13-35-18-5-7-19(8-6-18)37(32,33)27-11-14-34-15-12-27/h4-9,16,22H,3,10-15H2,1-2H3,(H,26,29). The smallest absolute Gasteiger partial charge is 0.244 e. The second-order valence-corrected chi connectivity index (χ2v) is 12.8. The second-order valence-electron chi connectivity index (χ2n) is 8.21. The van der Waals surface area contributed by atoms with Crippen molar-refractivity contribution < 1.29 is 31.1 Å². The number of hydrogen-bond acceptors (Lipinski definition) is 7. The van der Waals surface area contributed by atoms with E-state index in [-0.39, 0.29) is 40.2 Å². The van der Waals surface area contributed by atoms with Crippen LogP contribution in [0.2, 0.25) is 10.0 Å². The van der Waals surface area contributed by atoms with Gasteiger partial charge in [0.1, 0.15) is 18.4 Å². The molecule has 0 aromatic heterocycles. The minimum atomic E-state index is -3.82. The number of ether oxygens (including phenoxy) is 2. The van der Waals surface area contributed by atoms with Gasteiger partial charge in [-0.15, -0.1) is 0 Å². The summed E-state index contributed by atoms with van der Waals surface area (Å²) >= 11 is 12.0. The first-order valence-corrected chi connectivity index (χ1v) is 15.5. The highest BCUT2D eigenvalue weighted by atomic mass is 35.5. The first-order valence-electron chi connectivity index (χ1n) is 11.5. The van der Waals surface area contributed by atoms with E-state index in [2.05, 4.69) is 5.32 Å². The molecule has 0 saturated carbocycles. The van der Waals surface area contributed by atoms with Gasteiger partial charge < -0.3 is 14.8 Å². The molecule has 204 valence electrons. The Bertz CT molecular complexity index is 1300. The molecule has 3 rings (SSSR count). The van der Waals surface area contributed by atoms with Gasteiger partial charge in [0.25, 0.3) is 0 Å². The Kier molecular flexibility index (Phi) is 10.1. The lowest BCUT2D eigenvalue weighted by Crippen LogP contribution is -2.50. The predicted molar refractivity (Wildman–Crippen MR) is 142 cm³/mol. The number of sulfonamides is 2.